The minimum atomic E-state index is -1.85. The highest BCUT2D eigenvalue weighted by Crippen LogP contribution is 2.35. The summed E-state index contributed by atoms with van der Waals surface area (Å²) in [5, 5.41) is 13.7. The van der Waals surface area contributed by atoms with E-state index < -0.39 is 14.2 Å². The van der Waals surface area contributed by atoms with E-state index in [9.17, 15) is 5.11 Å². The molecule has 2 atom stereocenters. The Labute approximate surface area is 148 Å². The Morgan fingerprint density at radius 3 is 2.08 bits per heavy atom. The van der Waals surface area contributed by atoms with Crippen molar-refractivity contribution < 1.29 is 5.11 Å². The van der Waals surface area contributed by atoms with Crippen LogP contribution in [-0.4, -0.2) is 13.2 Å². The predicted molar refractivity (Wildman–Crippen MR) is 107 cm³/mol. The molecule has 0 amide bonds. The van der Waals surface area contributed by atoms with Crippen LogP contribution in [0, 0.1) is 5.92 Å². The first kappa shape index (κ1) is 18.7. The van der Waals surface area contributed by atoms with Crippen molar-refractivity contribution in [3.63, 3.8) is 0 Å². The van der Waals surface area contributed by atoms with E-state index in [1.54, 1.807) is 0 Å². The lowest BCUT2D eigenvalue weighted by Gasteiger charge is -2.34. The van der Waals surface area contributed by atoms with Crippen molar-refractivity contribution in [2.24, 2.45) is 5.92 Å². The minimum absolute atomic E-state index is 0.120. The van der Waals surface area contributed by atoms with E-state index >= 15 is 0 Å². The van der Waals surface area contributed by atoms with Gasteiger partial charge < -0.3 is 5.11 Å². The van der Waals surface area contributed by atoms with Crippen LogP contribution in [0.1, 0.15) is 37.9 Å². The van der Waals surface area contributed by atoms with Crippen LogP contribution in [0.3, 0.4) is 0 Å². The molecule has 0 fully saturated rings. The van der Waals surface area contributed by atoms with Crippen molar-refractivity contribution in [1.82, 2.24) is 0 Å². The van der Waals surface area contributed by atoms with E-state index in [-0.39, 0.29) is 5.92 Å². The molecule has 0 heterocycles. The molecule has 0 unspecified atom stereocenters. The molecule has 2 aromatic rings. The summed E-state index contributed by atoms with van der Waals surface area (Å²) in [6.45, 7) is 11.4. The van der Waals surface area contributed by atoms with Gasteiger partial charge in [-0.15, -0.1) is 6.58 Å². The van der Waals surface area contributed by atoms with Crippen LogP contribution in [0.25, 0.3) is 0 Å². The van der Waals surface area contributed by atoms with Crippen LogP contribution in [-0.2, 0) is 0 Å². The Kier molecular flexibility index (Phi) is 6.58. The second-order valence-electron chi connectivity index (χ2n) is 7.12. The van der Waals surface area contributed by atoms with Crippen molar-refractivity contribution >= 4 is 13.3 Å². The van der Waals surface area contributed by atoms with Gasteiger partial charge >= 0.3 is 0 Å². The van der Waals surface area contributed by atoms with Crippen LogP contribution in [0.5, 0.6) is 0 Å². The molecule has 1 N–H and O–H groups in total. The first-order valence-corrected chi connectivity index (χ1v) is 12.0. The smallest absolute Gasteiger partial charge is 0.107 e. The zero-order valence-corrected chi connectivity index (χ0v) is 16.2. The van der Waals surface area contributed by atoms with Gasteiger partial charge in [0.2, 0.25) is 0 Å². The number of benzene rings is 2. The lowest BCUT2D eigenvalue weighted by Crippen LogP contribution is -2.46. The fourth-order valence-electron chi connectivity index (χ4n) is 3.33. The molecule has 0 saturated carbocycles. The van der Waals surface area contributed by atoms with Gasteiger partial charge in [0, 0.05) is 5.92 Å². The van der Waals surface area contributed by atoms with E-state index in [0.717, 1.165) is 24.8 Å². The summed E-state index contributed by atoms with van der Waals surface area (Å²) < 4.78 is 0. The van der Waals surface area contributed by atoms with Crippen LogP contribution in [0.2, 0.25) is 13.1 Å². The molecule has 0 aliphatic carbocycles. The molecule has 24 heavy (non-hydrogen) atoms. The maximum Gasteiger partial charge on any atom is 0.107 e. The van der Waals surface area contributed by atoms with Gasteiger partial charge in [0.1, 0.15) is 8.07 Å². The number of unbranched alkanes of at least 4 members (excludes halogenated alkanes) is 1. The number of hydrogen-bond acceptors (Lipinski definition) is 1. The Bertz CT molecular complexity index is 634. The average Bonchev–Trinajstić information content (AvgIpc) is 2.63. The van der Waals surface area contributed by atoms with Gasteiger partial charge in [-0.2, -0.15) is 0 Å². The van der Waals surface area contributed by atoms with Crippen LogP contribution >= 0.6 is 0 Å². The quantitative estimate of drug-likeness (QED) is 0.653. The topological polar surface area (TPSA) is 20.2 Å². The summed E-state index contributed by atoms with van der Waals surface area (Å²) in [6, 6.07) is 20.7. The van der Waals surface area contributed by atoms with E-state index in [0.29, 0.717) is 0 Å². The lowest BCUT2D eigenvalue weighted by atomic mass is 9.91. The van der Waals surface area contributed by atoms with Crippen LogP contribution < -0.4 is 5.19 Å². The number of hydrogen-bond donors (Lipinski definition) is 1. The van der Waals surface area contributed by atoms with Gasteiger partial charge in [0.25, 0.3) is 0 Å². The fraction of sp³-hybridized carbons (Fsp3) is 0.364. The Hall–Kier alpha value is -1.64. The molecule has 0 aliphatic heterocycles. The molecule has 2 rings (SSSR count). The average molecular weight is 339 g/mol. The van der Waals surface area contributed by atoms with Crippen molar-refractivity contribution in [1.29, 1.82) is 0 Å². The summed E-state index contributed by atoms with van der Waals surface area (Å²) in [6.07, 6.45) is 2.78. The van der Waals surface area contributed by atoms with E-state index in [4.69, 9.17) is 0 Å². The molecule has 0 aromatic heterocycles. The van der Waals surface area contributed by atoms with Gasteiger partial charge in [0.05, 0.1) is 6.10 Å². The highest BCUT2D eigenvalue weighted by Gasteiger charge is 2.35. The molecule has 0 aliphatic rings. The molecule has 2 heteroatoms. The fourth-order valence-corrected chi connectivity index (χ4v) is 5.96. The molecular formula is C22H30OSi. The second kappa shape index (κ2) is 8.45. The summed E-state index contributed by atoms with van der Waals surface area (Å²) >= 11 is 0. The molecule has 128 valence electrons. The molecule has 0 radical (unpaired) electrons. The summed E-state index contributed by atoms with van der Waals surface area (Å²) in [5.74, 6) is 0.120. The lowest BCUT2D eigenvalue weighted by molar-refractivity contribution is 0.123. The monoisotopic (exact) mass is 338 g/mol. The van der Waals surface area contributed by atoms with E-state index in [1.165, 1.54) is 10.4 Å². The number of rotatable bonds is 8. The first-order valence-electron chi connectivity index (χ1n) is 8.96. The van der Waals surface area contributed by atoms with E-state index in [1.807, 2.05) is 30.3 Å². The van der Waals surface area contributed by atoms with Crippen molar-refractivity contribution in [2.45, 2.75) is 45.4 Å². The SMILES string of the molecule is C=C([C@@H](CCCC)[C@H](O)c1ccccc1)[Si](C)(C)c1ccccc1. The zero-order chi connectivity index (χ0) is 17.6. The van der Waals surface area contributed by atoms with Crippen molar-refractivity contribution in [3.05, 3.63) is 78.0 Å². The third-order valence-corrected chi connectivity index (χ3v) is 8.89. The number of aliphatic hydroxyl groups excluding tert-OH is 1. The predicted octanol–water partition coefficient (Wildman–Crippen LogP) is 5.24. The molecule has 1 nitrogen and oxygen atoms in total. The van der Waals surface area contributed by atoms with Gasteiger partial charge in [-0.3, -0.25) is 0 Å². The zero-order valence-electron chi connectivity index (χ0n) is 15.2. The highest BCUT2D eigenvalue weighted by molar-refractivity contribution is 6.95. The largest absolute Gasteiger partial charge is 0.388 e. The standard InChI is InChI=1S/C22H30OSi/c1-5-6-17-21(22(23)19-13-9-7-10-14-19)18(2)24(3,4)20-15-11-8-12-16-20/h7-16,21-23H,2,5-6,17H2,1,3-4H3/t21-,22-/m1/s1. The summed E-state index contributed by atoms with van der Waals surface area (Å²) in [7, 11) is -1.85. The van der Waals surface area contributed by atoms with Gasteiger partial charge in [-0.25, -0.2) is 0 Å². The third-order valence-electron chi connectivity index (χ3n) is 5.14. The minimum Gasteiger partial charge on any atom is -0.388 e. The highest BCUT2D eigenvalue weighted by atomic mass is 28.3. The molecular weight excluding hydrogens is 308 g/mol. The van der Waals surface area contributed by atoms with Crippen LogP contribution in [0.4, 0.5) is 0 Å². The van der Waals surface area contributed by atoms with Gasteiger partial charge in [-0.05, 0) is 12.0 Å². The maximum atomic E-state index is 11.0. The Morgan fingerprint density at radius 1 is 1.00 bits per heavy atom. The van der Waals surface area contributed by atoms with Gasteiger partial charge in [-0.1, -0.05) is 104 Å². The molecule has 0 bridgehead atoms. The van der Waals surface area contributed by atoms with Crippen molar-refractivity contribution in [3.8, 4) is 0 Å². The Morgan fingerprint density at radius 2 is 1.54 bits per heavy atom. The first-order chi connectivity index (χ1) is 11.5. The van der Waals surface area contributed by atoms with Crippen LogP contribution in [0.15, 0.2) is 72.4 Å². The summed E-state index contributed by atoms with van der Waals surface area (Å²) in [5.41, 5.74) is 0.998. The molecule has 2 aromatic carbocycles. The maximum absolute atomic E-state index is 11.0. The molecule has 0 spiro atoms. The van der Waals surface area contributed by atoms with E-state index in [2.05, 4.69) is 56.9 Å². The van der Waals surface area contributed by atoms with Gasteiger partial charge in [0.15, 0.2) is 0 Å². The normalized spacial score (nSPS) is 14.2. The van der Waals surface area contributed by atoms with Crippen molar-refractivity contribution in [2.75, 3.05) is 0 Å². The molecule has 0 saturated heterocycles. The Balaban J connectivity index is 2.31. The third kappa shape index (κ3) is 4.25. The summed E-state index contributed by atoms with van der Waals surface area (Å²) in [4.78, 5) is 0. The second-order valence-corrected chi connectivity index (χ2v) is 11.6. The number of aliphatic hydroxyl groups is 1.